The Kier molecular flexibility index (Phi) is 2.55. The molecule has 80 valence electrons. The summed E-state index contributed by atoms with van der Waals surface area (Å²) in [5.74, 6) is -0.516. The van der Waals surface area contributed by atoms with Gasteiger partial charge >= 0.3 is 0 Å². The molecule has 0 fully saturated rings. The molecule has 0 aromatic carbocycles. The lowest BCUT2D eigenvalue weighted by molar-refractivity contribution is 0.0996. The van der Waals surface area contributed by atoms with E-state index in [2.05, 4.69) is 4.98 Å². The molecule has 5 nitrogen and oxygen atoms in total. The third-order valence-electron chi connectivity index (χ3n) is 2.63. The topological polar surface area (TPSA) is 81.1 Å². The van der Waals surface area contributed by atoms with Crippen molar-refractivity contribution in [2.45, 2.75) is 18.9 Å². The van der Waals surface area contributed by atoms with Gasteiger partial charge in [-0.25, -0.2) is 4.98 Å². The second kappa shape index (κ2) is 3.86. The van der Waals surface area contributed by atoms with E-state index in [0.29, 0.717) is 0 Å². The van der Waals surface area contributed by atoms with Crippen molar-refractivity contribution in [3.63, 3.8) is 0 Å². The number of carbonyl (C=O) groups is 1. The Balaban J connectivity index is 2.17. The van der Waals surface area contributed by atoms with E-state index in [1.54, 1.807) is 12.5 Å². The normalized spacial score (nSPS) is 20.3. The zero-order valence-corrected chi connectivity index (χ0v) is 8.26. The first kappa shape index (κ1) is 9.92. The predicted molar refractivity (Wildman–Crippen MR) is 54.2 cm³/mol. The van der Waals surface area contributed by atoms with E-state index in [9.17, 15) is 4.79 Å². The lowest BCUT2D eigenvalue weighted by Gasteiger charge is -2.07. The molecule has 1 heterocycles. The van der Waals surface area contributed by atoms with E-state index < -0.39 is 5.91 Å². The third kappa shape index (κ3) is 1.92. The van der Waals surface area contributed by atoms with Crippen LogP contribution in [-0.4, -0.2) is 27.2 Å². The maximum Gasteiger partial charge on any atom is 0.268 e. The number of hydrogen-bond acceptors (Lipinski definition) is 3. The molecule has 0 spiro atoms. The molecule has 0 bridgehead atoms. The van der Waals surface area contributed by atoms with Gasteiger partial charge in [-0.15, -0.1) is 0 Å². The number of aliphatic hydroxyl groups is 1. The molecule has 0 saturated heterocycles. The largest absolute Gasteiger partial charge is 0.392 e. The Morgan fingerprint density at radius 1 is 1.73 bits per heavy atom. The zero-order valence-electron chi connectivity index (χ0n) is 8.26. The molecule has 1 aliphatic carbocycles. The fraction of sp³-hybridized carbons (Fsp3) is 0.400. The zero-order chi connectivity index (χ0) is 10.8. The summed E-state index contributed by atoms with van der Waals surface area (Å²) in [7, 11) is 0. The summed E-state index contributed by atoms with van der Waals surface area (Å²) in [6, 6.07) is 0.188. The number of rotatable bonds is 3. The quantitative estimate of drug-likeness (QED) is 0.696. The monoisotopic (exact) mass is 207 g/mol. The smallest absolute Gasteiger partial charge is 0.268 e. The van der Waals surface area contributed by atoms with E-state index in [1.807, 2.05) is 10.6 Å². The van der Waals surface area contributed by atoms with Gasteiger partial charge in [-0.3, -0.25) is 4.79 Å². The number of nitrogens with two attached hydrogens (primary N) is 1. The van der Waals surface area contributed by atoms with Crippen molar-refractivity contribution >= 4 is 5.91 Å². The summed E-state index contributed by atoms with van der Waals surface area (Å²) in [5, 5.41) is 8.96. The molecule has 3 N–H and O–H groups in total. The molecular formula is C10H13N3O2. The highest BCUT2D eigenvalue weighted by Gasteiger charge is 2.17. The van der Waals surface area contributed by atoms with Crippen molar-refractivity contribution in [3.8, 4) is 0 Å². The number of hydrogen-bond donors (Lipinski definition) is 2. The Morgan fingerprint density at radius 3 is 3.07 bits per heavy atom. The van der Waals surface area contributed by atoms with Crippen LogP contribution >= 0.6 is 0 Å². The SMILES string of the molecule is NC(=O)c1cn(C2C=C(CO)CC2)cn1. The standard InChI is InChI=1S/C10H13N3O2/c11-10(15)9-4-13(6-12-9)8-2-1-7(3-8)5-14/h3-4,6,8,14H,1-2,5H2,(H2,11,15). The number of amides is 1. The summed E-state index contributed by atoms with van der Waals surface area (Å²) in [6.45, 7) is 0.105. The highest BCUT2D eigenvalue weighted by molar-refractivity contribution is 5.90. The van der Waals surface area contributed by atoms with Crippen molar-refractivity contribution < 1.29 is 9.90 Å². The number of imidazole rings is 1. The number of allylic oxidation sites excluding steroid dienone is 1. The van der Waals surface area contributed by atoms with Crippen LogP contribution in [0.1, 0.15) is 29.4 Å². The number of primary amides is 1. The van der Waals surface area contributed by atoms with Crippen molar-refractivity contribution in [1.29, 1.82) is 0 Å². The first-order valence-electron chi connectivity index (χ1n) is 4.84. The number of carbonyl (C=O) groups excluding carboxylic acids is 1. The number of aromatic nitrogens is 2. The van der Waals surface area contributed by atoms with Crippen molar-refractivity contribution in [3.05, 3.63) is 29.9 Å². The second-order valence-electron chi connectivity index (χ2n) is 3.66. The van der Waals surface area contributed by atoms with E-state index in [0.717, 1.165) is 18.4 Å². The molecule has 0 saturated carbocycles. The summed E-state index contributed by atoms with van der Waals surface area (Å²) in [5.41, 5.74) is 6.42. The van der Waals surface area contributed by atoms with Crippen LogP contribution in [0, 0.1) is 0 Å². The van der Waals surface area contributed by atoms with Crippen LogP contribution in [0.5, 0.6) is 0 Å². The Morgan fingerprint density at radius 2 is 2.53 bits per heavy atom. The highest BCUT2D eigenvalue weighted by Crippen LogP contribution is 2.27. The maximum atomic E-state index is 10.8. The molecule has 5 heteroatoms. The van der Waals surface area contributed by atoms with Crippen LogP contribution in [0.3, 0.4) is 0 Å². The molecule has 1 aromatic heterocycles. The van der Waals surface area contributed by atoms with Crippen LogP contribution in [0.15, 0.2) is 24.2 Å². The van der Waals surface area contributed by atoms with Gasteiger partial charge in [0.25, 0.3) is 5.91 Å². The molecule has 15 heavy (non-hydrogen) atoms. The first-order valence-corrected chi connectivity index (χ1v) is 4.84. The summed E-state index contributed by atoms with van der Waals surface area (Å²) >= 11 is 0. The summed E-state index contributed by atoms with van der Waals surface area (Å²) in [6.07, 6.45) is 7.08. The van der Waals surface area contributed by atoms with Crippen LogP contribution in [0.2, 0.25) is 0 Å². The van der Waals surface area contributed by atoms with Crippen molar-refractivity contribution in [2.24, 2.45) is 5.73 Å². The van der Waals surface area contributed by atoms with Crippen LogP contribution in [0.25, 0.3) is 0 Å². The summed E-state index contributed by atoms with van der Waals surface area (Å²) in [4.78, 5) is 14.7. The van der Waals surface area contributed by atoms with E-state index in [4.69, 9.17) is 10.8 Å². The minimum atomic E-state index is -0.516. The van der Waals surface area contributed by atoms with Gasteiger partial charge in [-0.1, -0.05) is 6.08 Å². The van der Waals surface area contributed by atoms with Crippen LogP contribution < -0.4 is 5.73 Å². The van der Waals surface area contributed by atoms with E-state index in [1.165, 1.54) is 0 Å². The number of nitrogens with zero attached hydrogens (tertiary/aromatic N) is 2. The average Bonchev–Trinajstić information content (AvgIpc) is 2.86. The van der Waals surface area contributed by atoms with Gasteiger partial charge in [0.2, 0.25) is 0 Å². The minimum Gasteiger partial charge on any atom is -0.392 e. The van der Waals surface area contributed by atoms with E-state index >= 15 is 0 Å². The van der Waals surface area contributed by atoms with Gasteiger partial charge < -0.3 is 15.4 Å². The molecule has 0 radical (unpaired) electrons. The Labute approximate surface area is 87.2 Å². The maximum absolute atomic E-state index is 10.8. The fourth-order valence-electron chi connectivity index (χ4n) is 1.78. The second-order valence-corrected chi connectivity index (χ2v) is 3.66. The van der Waals surface area contributed by atoms with Gasteiger partial charge in [0, 0.05) is 6.20 Å². The van der Waals surface area contributed by atoms with E-state index in [-0.39, 0.29) is 18.3 Å². The van der Waals surface area contributed by atoms with Crippen molar-refractivity contribution in [2.75, 3.05) is 6.61 Å². The molecule has 1 aromatic rings. The molecule has 1 amide bonds. The van der Waals surface area contributed by atoms with Crippen LogP contribution in [-0.2, 0) is 0 Å². The lowest BCUT2D eigenvalue weighted by atomic mass is 10.2. The summed E-state index contributed by atoms with van der Waals surface area (Å²) < 4.78 is 1.85. The molecule has 2 rings (SSSR count). The fourth-order valence-corrected chi connectivity index (χ4v) is 1.78. The minimum absolute atomic E-state index is 0.105. The van der Waals surface area contributed by atoms with Gasteiger partial charge in [0.1, 0.15) is 5.69 Å². The molecule has 1 aliphatic rings. The van der Waals surface area contributed by atoms with Gasteiger partial charge in [0.05, 0.1) is 19.0 Å². The average molecular weight is 207 g/mol. The first-order chi connectivity index (χ1) is 7.20. The van der Waals surface area contributed by atoms with Crippen LogP contribution in [0.4, 0.5) is 0 Å². The van der Waals surface area contributed by atoms with Gasteiger partial charge in [-0.05, 0) is 18.4 Å². The van der Waals surface area contributed by atoms with Gasteiger partial charge in [0.15, 0.2) is 0 Å². The molecular weight excluding hydrogens is 194 g/mol. The Bertz CT molecular complexity index is 409. The highest BCUT2D eigenvalue weighted by atomic mass is 16.3. The Hall–Kier alpha value is -1.62. The van der Waals surface area contributed by atoms with Crippen molar-refractivity contribution in [1.82, 2.24) is 9.55 Å². The van der Waals surface area contributed by atoms with Gasteiger partial charge in [-0.2, -0.15) is 0 Å². The molecule has 0 aliphatic heterocycles. The third-order valence-corrected chi connectivity index (χ3v) is 2.63. The molecule has 1 unspecified atom stereocenters. The predicted octanol–water partition coefficient (Wildman–Crippen LogP) is 0.236. The number of aliphatic hydroxyl groups excluding tert-OH is 1. The lowest BCUT2D eigenvalue weighted by Crippen LogP contribution is -2.11. The molecule has 1 atom stereocenters.